The van der Waals surface area contributed by atoms with E-state index < -0.39 is 49.8 Å². The number of anilines is 1. The second-order valence-electron chi connectivity index (χ2n) is 8.32. The molecule has 0 unspecified atom stereocenters. The van der Waals surface area contributed by atoms with Crippen LogP contribution in [0.3, 0.4) is 0 Å². The number of amides is 1. The van der Waals surface area contributed by atoms with E-state index in [4.69, 9.17) is 13.9 Å². The molecule has 5 rings (SSSR count). The van der Waals surface area contributed by atoms with Gasteiger partial charge in [0.1, 0.15) is 36.5 Å². The van der Waals surface area contributed by atoms with Crippen LogP contribution in [0.1, 0.15) is 0 Å². The average Bonchev–Trinajstić information content (AvgIpc) is 3.30. The minimum atomic E-state index is -1.58. The molecule has 1 aliphatic heterocycles. The second-order valence-corrected chi connectivity index (χ2v) is 8.32. The molecule has 0 saturated carbocycles. The molecule has 4 aromatic rings. The summed E-state index contributed by atoms with van der Waals surface area (Å²) in [5.74, 6) is -0.0836. The Balaban J connectivity index is 1.25. The third-order valence-electron chi connectivity index (χ3n) is 5.89. The van der Waals surface area contributed by atoms with Crippen molar-refractivity contribution in [3.63, 3.8) is 0 Å². The summed E-state index contributed by atoms with van der Waals surface area (Å²) in [6.07, 6.45) is -7.18. The van der Waals surface area contributed by atoms with Gasteiger partial charge in [-0.25, -0.2) is 4.98 Å². The first kappa shape index (κ1) is 23.4. The first-order chi connectivity index (χ1) is 16.9. The zero-order valence-corrected chi connectivity index (χ0v) is 18.4. The third kappa shape index (κ3) is 4.76. The number of oxazole rings is 1. The summed E-state index contributed by atoms with van der Waals surface area (Å²) in [6, 6.07) is 18.9. The molecule has 0 aliphatic carbocycles. The Bertz CT molecular complexity index is 1350. The number of aliphatic hydroxyl groups is 4. The van der Waals surface area contributed by atoms with Gasteiger partial charge < -0.3 is 39.6 Å². The first-order valence-electron chi connectivity index (χ1n) is 11.0. The number of nitrogens with one attached hydrogen (secondary N) is 1. The number of aliphatic hydroxyl groups excluding tert-OH is 4. The molecule has 1 aromatic heterocycles. The number of benzene rings is 3. The van der Waals surface area contributed by atoms with Gasteiger partial charge in [0.25, 0.3) is 0 Å². The molecular formula is C25H24N2O8. The molecule has 5 N–H and O–H groups in total. The van der Waals surface area contributed by atoms with Crippen molar-refractivity contribution in [2.75, 3.05) is 18.5 Å². The summed E-state index contributed by atoms with van der Waals surface area (Å²) in [5.41, 5.74) is 2.40. The summed E-state index contributed by atoms with van der Waals surface area (Å²) < 4.78 is 16.4. The molecule has 0 spiro atoms. The Morgan fingerprint density at radius 3 is 2.57 bits per heavy atom. The zero-order valence-electron chi connectivity index (χ0n) is 18.4. The zero-order chi connectivity index (χ0) is 24.5. The minimum absolute atomic E-state index is 0.457. The summed E-state index contributed by atoms with van der Waals surface area (Å²) >= 11 is 0. The van der Waals surface area contributed by atoms with Crippen LogP contribution in [0.25, 0.3) is 33.3 Å². The van der Waals surface area contributed by atoms with Gasteiger partial charge in [-0.15, -0.1) is 0 Å². The highest BCUT2D eigenvalue weighted by molar-refractivity contribution is 5.94. The highest BCUT2D eigenvalue weighted by atomic mass is 16.7. The van der Waals surface area contributed by atoms with E-state index in [1.807, 2.05) is 42.5 Å². The van der Waals surface area contributed by atoms with Crippen LogP contribution in [-0.4, -0.2) is 75.2 Å². The number of fused-ring (bicyclic) bond motifs is 2. The number of rotatable bonds is 6. The van der Waals surface area contributed by atoms with Crippen LogP contribution in [0.4, 0.5) is 5.69 Å². The van der Waals surface area contributed by atoms with Gasteiger partial charge in [-0.05, 0) is 41.1 Å². The average molecular weight is 480 g/mol. The van der Waals surface area contributed by atoms with Crippen LogP contribution in [0.2, 0.25) is 0 Å². The standard InChI is InChI=1S/C25H24N2O8/c28-11-19-21(30)22(31)23(32)25(35-19)33-12-20(29)26-16-7-8-18-17(10-16)27-24(34-18)15-6-5-13-3-1-2-4-14(13)9-15/h1-10,19,21-23,25,28,30-32H,11-12H2,(H,26,29)/t19-,21+,22+,23-,25-/m1/s1. The minimum Gasteiger partial charge on any atom is -0.436 e. The van der Waals surface area contributed by atoms with E-state index in [1.54, 1.807) is 18.2 Å². The van der Waals surface area contributed by atoms with Crippen LogP contribution in [0.5, 0.6) is 0 Å². The molecule has 10 heteroatoms. The Hall–Kier alpha value is -3.38. The van der Waals surface area contributed by atoms with E-state index >= 15 is 0 Å². The maximum absolute atomic E-state index is 12.4. The van der Waals surface area contributed by atoms with Crippen molar-refractivity contribution in [1.29, 1.82) is 0 Å². The van der Waals surface area contributed by atoms with Gasteiger partial charge in [-0.2, -0.15) is 0 Å². The lowest BCUT2D eigenvalue weighted by Gasteiger charge is -2.39. The molecule has 3 aromatic carbocycles. The Morgan fingerprint density at radius 1 is 0.971 bits per heavy atom. The number of carbonyl (C=O) groups is 1. The number of carbonyl (C=O) groups excluding carboxylic acids is 1. The Labute approximate surface area is 199 Å². The first-order valence-corrected chi connectivity index (χ1v) is 11.0. The van der Waals surface area contributed by atoms with Crippen LogP contribution in [0, 0.1) is 0 Å². The lowest BCUT2D eigenvalue weighted by molar-refractivity contribution is -0.299. The number of hydrogen-bond donors (Lipinski definition) is 5. The van der Waals surface area contributed by atoms with Crippen LogP contribution >= 0.6 is 0 Å². The lowest BCUT2D eigenvalue weighted by Crippen LogP contribution is -2.59. The fourth-order valence-corrected chi connectivity index (χ4v) is 4.01. The molecule has 1 amide bonds. The molecule has 35 heavy (non-hydrogen) atoms. The number of hydrogen-bond acceptors (Lipinski definition) is 9. The van der Waals surface area contributed by atoms with Crippen molar-refractivity contribution in [3.05, 3.63) is 60.7 Å². The quantitative estimate of drug-likeness (QED) is 0.275. The number of nitrogens with zero attached hydrogens (tertiary/aromatic N) is 1. The summed E-state index contributed by atoms with van der Waals surface area (Å²) in [7, 11) is 0. The van der Waals surface area contributed by atoms with Crippen molar-refractivity contribution < 1.29 is 39.1 Å². The molecule has 1 saturated heterocycles. The predicted molar refractivity (Wildman–Crippen MR) is 125 cm³/mol. The molecular weight excluding hydrogens is 456 g/mol. The van der Waals surface area contributed by atoms with Crippen LogP contribution in [0.15, 0.2) is 65.1 Å². The van der Waals surface area contributed by atoms with Crippen molar-refractivity contribution in [2.24, 2.45) is 0 Å². The van der Waals surface area contributed by atoms with Crippen molar-refractivity contribution in [2.45, 2.75) is 30.7 Å². The highest BCUT2D eigenvalue weighted by Gasteiger charge is 2.44. The van der Waals surface area contributed by atoms with E-state index in [-0.39, 0.29) is 0 Å². The second kappa shape index (κ2) is 9.70. The summed E-state index contributed by atoms with van der Waals surface area (Å²) in [4.78, 5) is 16.9. The molecule has 5 atom stereocenters. The van der Waals surface area contributed by atoms with Crippen LogP contribution in [-0.2, 0) is 14.3 Å². The van der Waals surface area contributed by atoms with Gasteiger partial charge in [0.2, 0.25) is 11.8 Å². The fraction of sp³-hybridized carbons (Fsp3) is 0.280. The van der Waals surface area contributed by atoms with Crippen molar-refractivity contribution in [1.82, 2.24) is 4.98 Å². The van der Waals surface area contributed by atoms with Gasteiger partial charge in [0, 0.05) is 11.3 Å². The van der Waals surface area contributed by atoms with E-state index in [0.29, 0.717) is 22.7 Å². The third-order valence-corrected chi connectivity index (χ3v) is 5.89. The van der Waals surface area contributed by atoms with Gasteiger partial charge in [0.15, 0.2) is 11.9 Å². The van der Waals surface area contributed by atoms with Gasteiger partial charge in [0.05, 0.1) is 6.61 Å². The molecule has 10 nitrogen and oxygen atoms in total. The monoisotopic (exact) mass is 480 g/mol. The molecule has 2 heterocycles. The van der Waals surface area contributed by atoms with Crippen molar-refractivity contribution >= 4 is 33.5 Å². The largest absolute Gasteiger partial charge is 0.436 e. The molecule has 1 aliphatic rings. The molecule has 182 valence electrons. The maximum atomic E-state index is 12.4. The highest BCUT2D eigenvalue weighted by Crippen LogP contribution is 2.28. The van der Waals surface area contributed by atoms with E-state index in [2.05, 4.69) is 10.3 Å². The lowest BCUT2D eigenvalue weighted by atomic mass is 9.99. The maximum Gasteiger partial charge on any atom is 0.250 e. The van der Waals surface area contributed by atoms with Gasteiger partial charge >= 0.3 is 0 Å². The van der Waals surface area contributed by atoms with E-state index in [0.717, 1.165) is 16.3 Å². The number of aromatic nitrogens is 1. The number of ether oxygens (including phenoxy) is 2. The van der Waals surface area contributed by atoms with Gasteiger partial charge in [-0.3, -0.25) is 4.79 Å². The summed E-state index contributed by atoms with van der Waals surface area (Å²) in [5, 5.41) is 43.7. The molecule has 0 radical (unpaired) electrons. The molecule has 0 bridgehead atoms. The fourth-order valence-electron chi connectivity index (χ4n) is 4.01. The SMILES string of the molecule is O=C(CO[C@@H]1O[C@H](CO)[C@H](O)[C@H](O)[C@H]1O)Nc1ccc2oc(-c3ccc4ccccc4c3)nc2c1. The van der Waals surface area contributed by atoms with Crippen molar-refractivity contribution in [3.8, 4) is 11.5 Å². The topological polar surface area (TPSA) is 155 Å². The Kier molecular flexibility index (Phi) is 6.48. The normalized spacial score (nSPS) is 24.6. The molecule has 1 fully saturated rings. The van der Waals surface area contributed by atoms with E-state index in [1.165, 1.54) is 0 Å². The van der Waals surface area contributed by atoms with E-state index in [9.17, 15) is 25.2 Å². The smallest absolute Gasteiger partial charge is 0.250 e. The predicted octanol–water partition coefficient (Wildman–Crippen LogP) is 1.40. The van der Waals surface area contributed by atoms with Gasteiger partial charge in [-0.1, -0.05) is 30.3 Å². The summed E-state index contributed by atoms with van der Waals surface area (Å²) in [6.45, 7) is -1.09. The Morgan fingerprint density at radius 2 is 1.77 bits per heavy atom. The van der Waals surface area contributed by atoms with Crippen LogP contribution < -0.4 is 5.32 Å².